The number of benzene rings is 2. The summed E-state index contributed by atoms with van der Waals surface area (Å²) >= 11 is 0. The third-order valence-electron chi connectivity index (χ3n) is 11.4. The minimum atomic E-state index is -2.71. The van der Waals surface area contributed by atoms with E-state index in [2.05, 4.69) is 6.58 Å². The molecule has 0 bridgehead atoms. The molecule has 13 nitrogen and oxygen atoms in total. The Kier molecular flexibility index (Phi) is 10.8. The van der Waals surface area contributed by atoms with Crippen molar-refractivity contribution in [2.24, 2.45) is 28.1 Å². The van der Waals surface area contributed by atoms with E-state index in [4.69, 9.17) is 23.7 Å². The van der Waals surface area contributed by atoms with Crippen LogP contribution in [0.4, 0.5) is 0 Å². The molecule has 3 aliphatic carbocycles. The standard InChI is InChI=1S/C40H46O13/c1-8-38(7)20-27(52-34(45)25-15-11-9-12-16-25)31-39(21-41)28(19-29(49-22(2)42)40(31,48)36(38)47)37(5,6)32(51-24(4)44)30(50-23(3)43)33(39)53-35(46)26-17-13-10-14-18-26/h8-18,27-33,41,48H,1,19-21H2,2-7H3/t27-,28?,29-,30+,31?,32-,33+,38+,39+,40+/m1/s1. The second-order valence-electron chi connectivity index (χ2n) is 15.0. The number of aliphatic hydroxyl groups excluding tert-OH is 1. The van der Waals surface area contributed by atoms with Gasteiger partial charge in [-0.3, -0.25) is 19.2 Å². The van der Waals surface area contributed by atoms with Crippen LogP contribution in [-0.4, -0.2) is 88.6 Å². The molecule has 0 spiro atoms. The molecule has 5 rings (SSSR count). The minimum Gasteiger partial charge on any atom is -0.459 e. The first-order valence-corrected chi connectivity index (χ1v) is 17.4. The molecule has 0 aromatic heterocycles. The van der Waals surface area contributed by atoms with Crippen LogP contribution in [0.15, 0.2) is 73.3 Å². The van der Waals surface area contributed by atoms with Crippen LogP contribution in [0.2, 0.25) is 0 Å². The lowest BCUT2D eigenvalue weighted by molar-refractivity contribution is -0.325. The predicted octanol–water partition coefficient (Wildman–Crippen LogP) is 3.78. The molecule has 53 heavy (non-hydrogen) atoms. The average Bonchev–Trinajstić information content (AvgIpc) is 3.11. The fourth-order valence-electron chi connectivity index (χ4n) is 9.25. The molecule has 3 aliphatic rings. The first-order valence-electron chi connectivity index (χ1n) is 17.4. The first kappa shape index (κ1) is 39.3. The summed E-state index contributed by atoms with van der Waals surface area (Å²) in [5.41, 5.74) is -7.40. The predicted molar refractivity (Wildman–Crippen MR) is 186 cm³/mol. The maximum atomic E-state index is 14.8. The second kappa shape index (κ2) is 14.5. The first-order chi connectivity index (χ1) is 24.9. The van der Waals surface area contributed by atoms with Gasteiger partial charge in [0.15, 0.2) is 23.6 Å². The van der Waals surface area contributed by atoms with Gasteiger partial charge in [-0.05, 0) is 43.5 Å². The summed E-state index contributed by atoms with van der Waals surface area (Å²) in [7, 11) is 0. The van der Waals surface area contributed by atoms with Crippen molar-refractivity contribution >= 4 is 35.6 Å². The van der Waals surface area contributed by atoms with Crippen molar-refractivity contribution < 1.29 is 62.7 Å². The van der Waals surface area contributed by atoms with Crippen LogP contribution in [0.1, 0.15) is 75.1 Å². The molecular formula is C40H46O13. The summed E-state index contributed by atoms with van der Waals surface area (Å²) < 4.78 is 30.0. The molecule has 0 heterocycles. The average molecular weight is 735 g/mol. The second-order valence-corrected chi connectivity index (χ2v) is 15.0. The van der Waals surface area contributed by atoms with E-state index in [1.807, 2.05) is 0 Å². The number of rotatable bonds is 9. The molecule has 10 atom stereocenters. The fraction of sp³-hybridized carbons (Fsp3) is 0.500. The number of ether oxygens (including phenoxy) is 5. The van der Waals surface area contributed by atoms with Crippen LogP contribution < -0.4 is 0 Å². The van der Waals surface area contributed by atoms with Crippen LogP contribution in [-0.2, 0) is 42.9 Å². The van der Waals surface area contributed by atoms with Gasteiger partial charge in [-0.2, -0.15) is 0 Å². The lowest BCUT2D eigenvalue weighted by Crippen LogP contribution is -2.82. The highest BCUT2D eigenvalue weighted by molar-refractivity contribution is 5.97. The fourth-order valence-corrected chi connectivity index (χ4v) is 9.25. The Bertz CT molecular complexity index is 1770. The van der Waals surface area contributed by atoms with E-state index >= 15 is 0 Å². The summed E-state index contributed by atoms with van der Waals surface area (Å²) in [5, 5.41) is 25.0. The van der Waals surface area contributed by atoms with Gasteiger partial charge in [-0.15, -0.1) is 6.58 Å². The van der Waals surface area contributed by atoms with Crippen LogP contribution in [0.3, 0.4) is 0 Å². The highest BCUT2D eigenvalue weighted by Crippen LogP contribution is 2.68. The molecule has 3 fully saturated rings. The van der Waals surface area contributed by atoms with Gasteiger partial charge in [0.25, 0.3) is 0 Å². The smallest absolute Gasteiger partial charge is 0.338 e. The Balaban J connectivity index is 1.86. The van der Waals surface area contributed by atoms with E-state index < -0.39 is 106 Å². The lowest BCUT2D eigenvalue weighted by atomic mass is 9.38. The Labute approximate surface area is 307 Å². The van der Waals surface area contributed by atoms with Crippen LogP contribution in [0.5, 0.6) is 0 Å². The van der Waals surface area contributed by atoms with Crippen molar-refractivity contribution in [1.29, 1.82) is 0 Å². The number of Topliss-reactive ketones (excluding diaryl/α,β-unsaturated/α-hetero) is 1. The Morgan fingerprint density at radius 1 is 0.774 bits per heavy atom. The van der Waals surface area contributed by atoms with E-state index in [0.29, 0.717) is 0 Å². The minimum absolute atomic E-state index is 0.0717. The van der Waals surface area contributed by atoms with Crippen molar-refractivity contribution in [2.45, 2.75) is 90.5 Å². The molecule has 2 N–H and O–H groups in total. The Morgan fingerprint density at radius 2 is 1.28 bits per heavy atom. The van der Waals surface area contributed by atoms with Crippen molar-refractivity contribution in [3.8, 4) is 0 Å². The number of esters is 5. The molecular weight excluding hydrogens is 688 g/mol. The Morgan fingerprint density at radius 3 is 1.75 bits per heavy atom. The third kappa shape index (κ3) is 6.65. The molecule has 13 heteroatoms. The molecule has 0 aliphatic heterocycles. The SMILES string of the molecule is C=C[C@@]1(C)C[C@@H](OC(=O)c2ccccc2)C2[C@]3(CO)C(C[C@@H](OC(C)=O)[C@@]2(O)C1=O)C(C)(C)[C@H](OC(C)=O)[C@H](OC(C)=O)[C@@H]3OC(=O)c1ccccc1. The van der Waals surface area contributed by atoms with Gasteiger partial charge in [0.2, 0.25) is 0 Å². The number of hydrogen-bond acceptors (Lipinski definition) is 13. The number of allylic oxidation sites excluding steroid dienone is 1. The van der Waals surface area contributed by atoms with Gasteiger partial charge < -0.3 is 33.9 Å². The number of ketones is 1. The zero-order valence-corrected chi connectivity index (χ0v) is 30.6. The largest absolute Gasteiger partial charge is 0.459 e. The van der Waals surface area contributed by atoms with E-state index in [0.717, 1.165) is 20.8 Å². The summed E-state index contributed by atoms with van der Waals surface area (Å²) in [6.45, 7) is 11.1. The molecule has 2 aromatic carbocycles. The van der Waals surface area contributed by atoms with Gasteiger partial charge >= 0.3 is 29.8 Å². The van der Waals surface area contributed by atoms with Crippen LogP contribution >= 0.6 is 0 Å². The van der Waals surface area contributed by atoms with Crippen molar-refractivity contribution in [2.75, 3.05) is 6.61 Å². The van der Waals surface area contributed by atoms with Crippen molar-refractivity contribution in [3.05, 3.63) is 84.4 Å². The number of carbonyl (C=O) groups excluding carboxylic acids is 6. The van der Waals surface area contributed by atoms with E-state index in [1.165, 1.54) is 37.3 Å². The van der Waals surface area contributed by atoms with E-state index in [1.54, 1.807) is 50.2 Å². The van der Waals surface area contributed by atoms with Gasteiger partial charge in [-0.25, -0.2) is 9.59 Å². The lowest BCUT2D eigenvalue weighted by Gasteiger charge is -2.69. The number of carbonyl (C=O) groups is 6. The molecule has 0 saturated heterocycles. The zero-order valence-electron chi connectivity index (χ0n) is 30.6. The quantitative estimate of drug-likeness (QED) is 0.215. The third-order valence-corrected chi connectivity index (χ3v) is 11.4. The zero-order chi connectivity index (χ0) is 39.1. The normalized spacial score (nSPS) is 34.3. The molecule has 2 aromatic rings. The topological polar surface area (TPSA) is 189 Å². The highest BCUT2D eigenvalue weighted by atomic mass is 16.6. The summed E-state index contributed by atoms with van der Waals surface area (Å²) in [6.07, 6.45) is -7.03. The highest BCUT2D eigenvalue weighted by Gasteiger charge is 2.80. The Hall–Kier alpha value is -4.88. The van der Waals surface area contributed by atoms with Crippen molar-refractivity contribution in [3.63, 3.8) is 0 Å². The molecule has 2 unspecified atom stereocenters. The number of aliphatic hydroxyl groups is 2. The summed E-state index contributed by atoms with van der Waals surface area (Å²) in [5.74, 6) is -7.79. The molecule has 0 radical (unpaired) electrons. The maximum Gasteiger partial charge on any atom is 0.338 e. The molecule has 3 saturated carbocycles. The number of hydrogen-bond donors (Lipinski definition) is 2. The van der Waals surface area contributed by atoms with Gasteiger partial charge in [-0.1, -0.05) is 56.3 Å². The van der Waals surface area contributed by atoms with Gasteiger partial charge in [0.1, 0.15) is 18.3 Å². The number of fused-ring (bicyclic) bond motifs is 3. The summed E-state index contributed by atoms with van der Waals surface area (Å²) in [4.78, 5) is 81.0. The van der Waals surface area contributed by atoms with Gasteiger partial charge in [0, 0.05) is 43.9 Å². The maximum absolute atomic E-state index is 14.8. The van der Waals surface area contributed by atoms with Crippen molar-refractivity contribution in [1.82, 2.24) is 0 Å². The molecule has 0 amide bonds. The van der Waals surface area contributed by atoms with E-state index in [-0.39, 0.29) is 24.0 Å². The van der Waals surface area contributed by atoms with E-state index in [9.17, 15) is 39.0 Å². The van der Waals surface area contributed by atoms with Crippen LogP contribution in [0.25, 0.3) is 0 Å². The summed E-state index contributed by atoms with van der Waals surface area (Å²) in [6, 6.07) is 15.8. The molecule has 284 valence electrons. The van der Waals surface area contributed by atoms with Gasteiger partial charge in [0.05, 0.1) is 23.1 Å². The monoisotopic (exact) mass is 734 g/mol. The van der Waals surface area contributed by atoms with Crippen LogP contribution in [0, 0.1) is 28.1 Å².